The first-order chi connectivity index (χ1) is 17.8. The molecule has 1 saturated carbocycles. The van der Waals surface area contributed by atoms with Crippen molar-refractivity contribution in [2.24, 2.45) is 5.92 Å². The number of pyridine rings is 1. The maximum Gasteiger partial charge on any atom is 0.472 e. The Hall–Kier alpha value is -2.86. The van der Waals surface area contributed by atoms with Crippen LogP contribution in [0.4, 0.5) is 5.82 Å². The van der Waals surface area contributed by atoms with Crippen molar-refractivity contribution in [2.75, 3.05) is 12.1 Å². The number of phosphoric ester groups is 1. The Kier molecular flexibility index (Phi) is 7.57. The number of phosphoric acid groups is 1. The molecule has 11 nitrogen and oxygen atoms in total. The van der Waals surface area contributed by atoms with Gasteiger partial charge < -0.3 is 19.8 Å². The molecule has 0 bridgehead atoms. The van der Waals surface area contributed by atoms with Gasteiger partial charge >= 0.3 is 7.82 Å². The molecule has 194 valence electrons. The number of carbonyl (C=O) groups excluding carboxylic acids is 1. The summed E-state index contributed by atoms with van der Waals surface area (Å²) in [6, 6.07) is 8.44. The molecular weight excluding hydrogens is 541 g/mol. The Labute approximate surface area is 220 Å². The Morgan fingerprint density at radius 2 is 2.05 bits per heavy atom. The van der Waals surface area contributed by atoms with Crippen LogP contribution in [-0.2, 0) is 15.6 Å². The lowest BCUT2D eigenvalue weighted by atomic mass is 10.1. The van der Waals surface area contributed by atoms with Gasteiger partial charge in [-0.15, -0.1) is 0 Å². The van der Waals surface area contributed by atoms with Crippen molar-refractivity contribution >= 4 is 53.7 Å². The second-order valence-corrected chi connectivity index (χ2v) is 10.9. The van der Waals surface area contributed by atoms with Gasteiger partial charge in [0.2, 0.25) is 0 Å². The summed E-state index contributed by atoms with van der Waals surface area (Å²) < 4.78 is 26.1. The van der Waals surface area contributed by atoms with E-state index in [0.29, 0.717) is 51.0 Å². The van der Waals surface area contributed by atoms with Crippen molar-refractivity contribution in [3.63, 3.8) is 0 Å². The Bertz CT molecular complexity index is 1450. The number of hydrogen-bond acceptors (Lipinski definition) is 8. The molecule has 0 spiro atoms. The molecule has 1 amide bonds. The molecule has 5 rings (SSSR count). The summed E-state index contributed by atoms with van der Waals surface area (Å²) in [6.45, 7) is 0.0634. The molecule has 3 heterocycles. The van der Waals surface area contributed by atoms with Crippen LogP contribution in [0.3, 0.4) is 0 Å². The minimum absolute atomic E-state index is 0.309. The summed E-state index contributed by atoms with van der Waals surface area (Å²) in [7, 11) is -4.62. The number of aromatic nitrogens is 4. The summed E-state index contributed by atoms with van der Waals surface area (Å²) >= 11 is 7.82. The lowest BCUT2D eigenvalue weighted by Crippen LogP contribution is -2.12. The van der Waals surface area contributed by atoms with Crippen LogP contribution >= 0.6 is 31.0 Å². The summed E-state index contributed by atoms with van der Waals surface area (Å²) in [5, 5.41) is 10.2. The first-order valence-corrected chi connectivity index (χ1v) is 14.2. The molecule has 0 radical (unpaired) electrons. The maximum atomic E-state index is 12.7. The van der Waals surface area contributed by atoms with Crippen molar-refractivity contribution < 1.29 is 28.4 Å². The van der Waals surface area contributed by atoms with E-state index in [2.05, 4.69) is 19.3 Å². The Morgan fingerprint density at radius 3 is 2.73 bits per heavy atom. The monoisotopic (exact) mass is 563 g/mol. The number of nitrogens with zero attached hydrogens (tertiary/aromatic N) is 4. The number of benzene rings is 1. The van der Waals surface area contributed by atoms with Gasteiger partial charge in [-0.05, 0) is 60.6 Å². The maximum absolute atomic E-state index is 12.7. The molecule has 37 heavy (non-hydrogen) atoms. The first-order valence-electron chi connectivity index (χ1n) is 11.5. The number of halogens is 1. The van der Waals surface area contributed by atoms with Crippen LogP contribution in [0, 0.1) is 5.92 Å². The van der Waals surface area contributed by atoms with Crippen LogP contribution in [0.5, 0.6) is 5.75 Å². The SMILES string of the molecule is O=C(Nc1nn(CCCC2CC2)c2nc(-c3ccc(OCOP(=O)(O)O)cc3)c(Cl)cc12)c1cnsc1. The van der Waals surface area contributed by atoms with Crippen LogP contribution in [-0.4, -0.2) is 41.6 Å². The van der Waals surface area contributed by atoms with Crippen LogP contribution in [0.2, 0.25) is 5.02 Å². The van der Waals surface area contributed by atoms with Crippen LogP contribution in [0.15, 0.2) is 41.9 Å². The highest BCUT2D eigenvalue weighted by molar-refractivity contribution is 7.46. The van der Waals surface area contributed by atoms with Crippen molar-refractivity contribution in [1.29, 1.82) is 0 Å². The van der Waals surface area contributed by atoms with Crippen LogP contribution in [0.1, 0.15) is 36.0 Å². The number of fused-ring (bicyclic) bond motifs is 1. The minimum atomic E-state index is -4.62. The molecule has 0 atom stereocenters. The number of ether oxygens (including phenoxy) is 1. The summed E-state index contributed by atoms with van der Waals surface area (Å²) in [6.07, 6.45) is 6.13. The second-order valence-electron chi connectivity index (χ2n) is 8.62. The molecule has 14 heteroatoms. The number of hydrogen-bond donors (Lipinski definition) is 3. The molecule has 1 aliphatic rings. The van der Waals surface area contributed by atoms with E-state index in [9.17, 15) is 9.36 Å². The third kappa shape index (κ3) is 6.53. The van der Waals surface area contributed by atoms with Crippen molar-refractivity contribution in [3.8, 4) is 17.0 Å². The van der Waals surface area contributed by atoms with E-state index >= 15 is 0 Å². The second kappa shape index (κ2) is 10.9. The lowest BCUT2D eigenvalue weighted by molar-refractivity contribution is 0.0829. The standard InChI is InChI=1S/C23H23ClN5O6PS/c24-19-10-18-21(27-23(30)16-11-25-37-12-16)28-29(9-1-2-14-3-4-14)22(18)26-20(19)15-5-7-17(8-6-15)34-13-35-36(31,32)33/h5-8,10-12,14H,1-4,9,13H2,(H,27,28,30)(H2,31,32,33). The molecule has 3 N–H and O–H groups in total. The largest absolute Gasteiger partial charge is 0.472 e. The predicted octanol–water partition coefficient (Wildman–Crippen LogP) is 5.10. The van der Waals surface area contributed by atoms with E-state index in [1.165, 1.54) is 30.6 Å². The van der Waals surface area contributed by atoms with Gasteiger partial charge in [-0.1, -0.05) is 24.4 Å². The number of rotatable bonds is 11. The third-order valence-corrected chi connectivity index (χ3v) is 7.17. The molecule has 3 aromatic heterocycles. The predicted molar refractivity (Wildman–Crippen MR) is 139 cm³/mol. The fraction of sp³-hybridized carbons (Fsp3) is 0.304. The van der Waals surface area contributed by atoms with Gasteiger partial charge in [-0.3, -0.25) is 4.79 Å². The molecule has 0 aliphatic heterocycles. The zero-order valence-electron chi connectivity index (χ0n) is 19.4. The average Bonchev–Trinajstić information content (AvgIpc) is 3.39. The molecule has 0 unspecified atom stereocenters. The van der Waals surface area contributed by atoms with Crippen molar-refractivity contribution in [3.05, 3.63) is 52.5 Å². The van der Waals surface area contributed by atoms with Crippen LogP contribution in [0.25, 0.3) is 22.3 Å². The van der Waals surface area contributed by atoms with Gasteiger partial charge in [0, 0.05) is 17.5 Å². The van der Waals surface area contributed by atoms with Gasteiger partial charge in [0.15, 0.2) is 18.3 Å². The number of nitrogens with one attached hydrogen (secondary N) is 1. The molecular formula is C23H23ClN5O6PS. The van der Waals surface area contributed by atoms with E-state index in [1.54, 1.807) is 40.4 Å². The number of carbonyl (C=O) groups is 1. The molecule has 1 aromatic carbocycles. The molecule has 1 aliphatic carbocycles. The van der Waals surface area contributed by atoms with Gasteiger partial charge in [0.1, 0.15) is 5.75 Å². The molecule has 0 saturated heterocycles. The zero-order valence-corrected chi connectivity index (χ0v) is 21.9. The smallest absolute Gasteiger partial charge is 0.467 e. The van der Waals surface area contributed by atoms with E-state index in [-0.39, 0.29) is 5.91 Å². The Morgan fingerprint density at radius 1 is 1.27 bits per heavy atom. The quantitative estimate of drug-likeness (QED) is 0.167. The van der Waals surface area contributed by atoms with Gasteiger partial charge in [0.05, 0.1) is 27.9 Å². The highest BCUT2D eigenvalue weighted by Gasteiger charge is 2.22. The highest BCUT2D eigenvalue weighted by Crippen LogP contribution is 2.37. The topological polar surface area (TPSA) is 149 Å². The van der Waals surface area contributed by atoms with Gasteiger partial charge in [-0.2, -0.15) is 5.10 Å². The van der Waals surface area contributed by atoms with E-state index in [1.807, 2.05) is 0 Å². The Balaban J connectivity index is 1.42. The van der Waals surface area contributed by atoms with Gasteiger partial charge in [-0.25, -0.2) is 23.1 Å². The molecule has 1 fully saturated rings. The highest BCUT2D eigenvalue weighted by atomic mass is 35.5. The fourth-order valence-corrected chi connectivity index (χ4v) is 4.80. The average molecular weight is 564 g/mol. The number of aryl methyl sites for hydroxylation is 1. The fourth-order valence-electron chi connectivity index (χ4n) is 3.83. The summed E-state index contributed by atoms with van der Waals surface area (Å²) in [4.78, 5) is 35.0. The van der Waals surface area contributed by atoms with E-state index in [0.717, 1.165) is 18.8 Å². The lowest BCUT2D eigenvalue weighted by Gasteiger charge is -2.09. The van der Waals surface area contributed by atoms with E-state index in [4.69, 9.17) is 31.1 Å². The summed E-state index contributed by atoms with van der Waals surface area (Å²) in [5.74, 6) is 1.22. The van der Waals surface area contributed by atoms with Crippen LogP contribution < -0.4 is 10.1 Å². The zero-order chi connectivity index (χ0) is 26.0. The first kappa shape index (κ1) is 25.8. The van der Waals surface area contributed by atoms with Crippen molar-refractivity contribution in [1.82, 2.24) is 19.1 Å². The summed E-state index contributed by atoms with van der Waals surface area (Å²) in [5.41, 5.74) is 2.28. The minimum Gasteiger partial charge on any atom is -0.467 e. The van der Waals surface area contributed by atoms with Crippen molar-refractivity contribution in [2.45, 2.75) is 32.2 Å². The van der Waals surface area contributed by atoms with Gasteiger partial charge in [0.25, 0.3) is 5.91 Å². The number of anilines is 1. The normalized spacial score (nSPS) is 13.7. The van der Waals surface area contributed by atoms with E-state index < -0.39 is 14.6 Å². The number of amides is 1. The molecule has 4 aromatic rings. The third-order valence-electron chi connectivity index (χ3n) is 5.86.